The highest BCUT2D eigenvalue weighted by Gasteiger charge is 2.22. The lowest BCUT2D eigenvalue weighted by Crippen LogP contribution is -2.25. The first-order valence-electron chi connectivity index (χ1n) is 6.48. The number of nitrogens with zero attached hydrogens (tertiary/aromatic N) is 1. The van der Waals surface area contributed by atoms with Crippen LogP contribution in [0.3, 0.4) is 0 Å². The average molecular weight is 222 g/mol. The molecular weight excluding hydrogens is 200 g/mol. The summed E-state index contributed by atoms with van der Waals surface area (Å²) in [5.74, 6) is 2.74. The van der Waals surface area contributed by atoms with Gasteiger partial charge in [-0.15, -0.1) is 0 Å². The quantitative estimate of drug-likeness (QED) is 0.832. The van der Waals surface area contributed by atoms with Crippen LogP contribution in [-0.2, 0) is 13.0 Å². The molecule has 1 heterocycles. The number of aryl methyl sites for hydroxylation is 1. The lowest BCUT2D eigenvalue weighted by Gasteiger charge is -2.10. The second kappa shape index (κ2) is 5.48. The Morgan fingerprint density at radius 1 is 1.44 bits per heavy atom. The van der Waals surface area contributed by atoms with Crippen LogP contribution in [0.1, 0.15) is 51.2 Å². The number of rotatable bonds is 5. The molecule has 3 heteroatoms. The molecule has 1 aromatic heterocycles. The Morgan fingerprint density at radius 2 is 2.31 bits per heavy atom. The number of hydrogen-bond acceptors (Lipinski definition) is 3. The van der Waals surface area contributed by atoms with Crippen LogP contribution in [0.15, 0.2) is 10.6 Å². The summed E-state index contributed by atoms with van der Waals surface area (Å²) in [4.78, 5) is 4.26. The molecule has 0 saturated heterocycles. The molecule has 3 nitrogen and oxygen atoms in total. The van der Waals surface area contributed by atoms with Gasteiger partial charge >= 0.3 is 0 Å². The minimum Gasteiger partial charge on any atom is -0.444 e. The van der Waals surface area contributed by atoms with E-state index in [0.717, 1.165) is 30.5 Å². The standard InChI is InChI=1S/C13H22N2O/c1-3-10-5-6-11(7-10)14-9-13-15-8-12(4-2)16-13/h8,10-11,14H,3-7,9H2,1-2H3. The minimum absolute atomic E-state index is 0.668. The largest absolute Gasteiger partial charge is 0.444 e. The molecule has 90 valence electrons. The molecule has 0 amide bonds. The maximum atomic E-state index is 5.57. The van der Waals surface area contributed by atoms with Gasteiger partial charge in [0.2, 0.25) is 5.89 Å². The second-order valence-electron chi connectivity index (χ2n) is 4.74. The summed E-state index contributed by atoms with van der Waals surface area (Å²) in [6.07, 6.45) is 8.07. The van der Waals surface area contributed by atoms with Gasteiger partial charge < -0.3 is 9.73 Å². The molecule has 1 aliphatic carbocycles. The normalized spacial score (nSPS) is 25.1. The van der Waals surface area contributed by atoms with Crippen LogP contribution < -0.4 is 5.32 Å². The Labute approximate surface area is 97.6 Å². The fourth-order valence-electron chi connectivity index (χ4n) is 2.46. The Morgan fingerprint density at radius 3 is 2.94 bits per heavy atom. The molecule has 1 saturated carbocycles. The Hall–Kier alpha value is -0.830. The fraction of sp³-hybridized carbons (Fsp3) is 0.769. The third-order valence-corrected chi connectivity index (χ3v) is 3.61. The predicted molar refractivity (Wildman–Crippen MR) is 64.1 cm³/mol. The summed E-state index contributed by atoms with van der Waals surface area (Å²) < 4.78 is 5.57. The molecule has 0 radical (unpaired) electrons. The highest BCUT2D eigenvalue weighted by atomic mass is 16.4. The molecule has 2 unspecified atom stereocenters. The molecule has 0 aromatic carbocycles. The first-order valence-corrected chi connectivity index (χ1v) is 6.48. The van der Waals surface area contributed by atoms with E-state index in [1.807, 2.05) is 6.20 Å². The van der Waals surface area contributed by atoms with Gasteiger partial charge in [-0.3, -0.25) is 0 Å². The molecule has 1 fully saturated rings. The van der Waals surface area contributed by atoms with E-state index in [1.54, 1.807) is 0 Å². The van der Waals surface area contributed by atoms with Gasteiger partial charge in [-0.1, -0.05) is 20.3 Å². The van der Waals surface area contributed by atoms with Crippen molar-refractivity contribution in [2.45, 2.75) is 58.5 Å². The van der Waals surface area contributed by atoms with Crippen LogP contribution in [0.25, 0.3) is 0 Å². The zero-order valence-corrected chi connectivity index (χ0v) is 10.3. The van der Waals surface area contributed by atoms with E-state index in [2.05, 4.69) is 24.1 Å². The first-order chi connectivity index (χ1) is 7.81. The maximum Gasteiger partial charge on any atom is 0.208 e. The fourth-order valence-corrected chi connectivity index (χ4v) is 2.46. The van der Waals surface area contributed by atoms with Crippen molar-refractivity contribution in [2.75, 3.05) is 0 Å². The monoisotopic (exact) mass is 222 g/mol. The Bertz CT molecular complexity index is 321. The van der Waals surface area contributed by atoms with E-state index in [-0.39, 0.29) is 0 Å². The van der Waals surface area contributed by atoms with Gasteiger partial charge in [-0.05, 0) is 25.2 Å². The van der Waals surface area contributed by atoms with Crippen LogP contribution in [0.2, 0.25) is 0 Å². The highest BCUT2D eigenvalue weighted by molar-refractivity contribution is 4.93. The number of hydrogen-bond donors (Lipinski definition) is 1. The smallest absolute Gasteiger partial charge is 0.208 e. The van der Waals surface area contributed by atoms with E-state index in [0.29, 0.717) is 6.04 Å². The van der Waals surface area contributed by atoms with Crippen molar-refractivity contribution >= 4 is 0 Å². The van der Waals surface area contributed by atoms with Crippen molar-refractivity contribution in [2.24, 2.45) is 5.92 Å². The molecule has 0 bridgehead atoms. The summed E-state index contributed by atoms with van der Waals surface area (Å²) in [7, 11) is 0. The molecule has 1 N–H and O–H groups in total. The van der Waals surface area contributed by atoms with Gasteiger partial charge in [0.1, 0.15) is 5.76 Å². The SMILES string of the molecule is CCc1cnc(CNC2CCC(CC)C2)o1. The topological polar surface area (TPSA) is 38.1 Å². The molecule has 1 aliphatic rings. The third kappa shape index (κ3) is 2.85. The summed E-state index contributed by atoms with van der Waals surface area (Å²) in [6.45, 7) is 5.15. The molecule has 2 rings (SSSR count). The van der Waals surface area contributed by atoms with Crippen LogP contribution in [0, 0.1) is 5.92 Å². The van der Waals surface area contributed by atoms with Gasteiger partial charge in [-0.25, -0.2) is 4.98 Å². The summed E-state index contributed by atoms with van der Waals surface area (Å²) in [6, 6.07) is 0.668. The van der Waals surface area contributed by atoms with Gasteiger partial charge in [0.15, 0.2) is 0 Å². The van der Waals surface area contributed by atoms with E-state index in [9.17, 15) is 0 Å². The number of aromatic nitrogens is 1. The van der Waals surface area contributed by atoms with Gasteiger partial charge in [0.05, 0.1) is 12.7 Å². The Kier molecular flexibility index (Phi) is 3.99. The van der Waals surface area contributed by atoms with Gasteiger partial charge in [0.25, 0.3) is 0 Å². The van der Waals surface area contributed by atoms with Crippen molar-refractivity contribution in [3.8, 4) is 0 Å². The van der Waals surface area contributed by atoms with E-state index in [1.165, 1.54) is 25.7 Å². The molecule has 1 aromatic rings. The van der Waals surface area contributed by atoms with Crippen LogP contribution in [-0.4, -0.2) is 11.0 Å². The van der Waals surface area contributed by atoms with E-state index < -0.39 is 0 Å². The lowest BCUT2D eigenvalue weighted by molar-refractivity contribution is 0.408. The lowest BCUT2D eigenvalue weighted by atomic mass is 10.1. The number of oxazole rings is 1. The number of nitrogens with one attached hydrogen (secondary N) is 1. The van der Waals surface area contributed by atoms with Crippen molar-refractivity contribution in [1.29, 1.82) is 0 Å². The van der Waals surface area contributed by atoms with Gasteiger partial charge in [0, 0.05) is 12.5 Å². The van der Waals surface area contributed by atoms with Crippen LogP contribution in [0.4, 0.5) is 0 Å². The Balaban J connectivity index is 1.75. The molecule has 0 aliphatic heterocycles. The molecular formula is C13H22N2O. The van der Waals surface area contributed by atoms with E-state index in [4.69, 9.17) is 4.42 Å². The van der Waals surface area contributed by atoms with Crippen molar-refractivity contribution in [3.63, 3.8) is 0 Å². The average Bonchev–Trinajstić information content (AvgIpc) is 2.95. The minimum atomic E-state index is 0.668. The predicted octanol–water partition coefficient (Wildman–Crippen LogP) is 2.91. The summed E-state index contributed by atoms with van der Waals surface area (Å²) in [5.41, 5.74) is 0. The third-order valence-electron chi connectivity index (χ3n) is 3.61. The molecule has 16 heavy (non-hydrogen) atoms. The van der Waals surface area contributed by atoms with Gasteiger partial charge in [-0.2, -0.15) is 0 Å². The second-order valence-corrected chi connectivity index (χ2v) is 4.74. The zero-order valence-electron chi connectivity index (χ0n) is 10.3. The molecule has 0 spiro atoms. The first kappa shape index (κ1) is 11.6. The van der Waals surface area contributed by atoms with Crippen LogP contribution >= 0.6 is 0 Å². The summed E-state index contributed by atoms with van der Waals surface area (Å²) >= 11 is 0. The van der Waals surface area contributed by atoms with E-state index >= 15 is 0 Å². The zero-order chi connectivity index (χ0) is 11.4. The maximum absolute atomic E-state index is 5.57. The van der Waals surface area contributed by atoms with Crippen molar-refractivity contribution in [3.05, 3.63) is 17.8 Å². The van der Waals surface area contributed by atoms with Crippen molar-refractivity contribution < 1.29 is 4.42 Å². The highest BCUT2D eigenvalue weighted by Crippen LogP contribution is 2.27. The molecule has 2 atom stereocenters. The summed E-state index contributed by atoms with van der Waals surface area (Å²) in [5, 5.41) is 3.54. The van der Waals surface area contributed by atoms with Crippen LogP contribution in [0.5, 0.6) is 0 Å². The van der Waals surface area contributed by atoms with Crippen molar-refractivity contribution in [1.82, 2.24) is 10.3 Å².